The molecule has 2 aromatic carbocycles. The van der Waals surface area contributed by atoms with Gasteiger partial charge >= 0.3 is 6.18 Å². The van der Waals surface area contributed by atoms with Crippen LogP contribution in [0.3, 0.4) is 0 Å². The molecule has 0 fully saturated rings. The lowest BCUT2D eigenvalue weighted by molar-refractivity contribution is -0.137. The molecule has 1 atom stereocenters. The molecule has 0 aliphatic carbocycles. The Kier molecular flexibility index (Phi) is 3.49. The molecular formula is C16H15F3N2. The van der Waals surface area contributed by atoms with Crippen molar-refractivity contribution in [1.29, 1.82) is 0 Å². The molecule has 2 aromatic rings. The maximum absolute atomic E-state index is 12.7. The minimum atomic E-state index is -4.31. The molecule has 21 heavy (non-hydrogen) atoms. The van der Waals surface area contributed by atoms with E-state index in [0.29, 0.717) is 12.2 Å². The Balaban J connectivity index is 1.74. The Bertz CT molecular complexity index is 623. The van der Waals surface area contributed by atoms with Crippen LogP contribution in [0.4, 0.5) is 24.5 Å². The van der Waals surface area contributed by atoms with Crippen LogP contribution in [0.1, 0.15) is 11.1 Å². The number of alkyl halides is 3. The zero-order valence-electron chi connectivity index (χ0n) is 11.2. The van der Waals surface area contributed by atoms with Crippen molar-refractivity contribution in [3.63, 3.8) is 0 Å². The molecule has 0 spiro atoms. The number of fused-ring (bicyclic) bond motifs is 1. The fourth-order valence-corrected chi connectivity index (χ4v) is 2.52. The van der Waals surface area contributed by atoms with Gasteiger partial charge in [-0.3, -0.25) is 0 Å². The lowest BCUT2D eigenvalue weighted by atomic mass is 10.0. The normalized spacial score (nSPS) is 17.6. The summed E-state index contributed by atoms with van der Waals surface area (Å²) in [5.41, 5.74) is 1.80. The highest BCUT2D eigenvalue weighted by molar-refractivity contribution is 5.72. The molecule has 1 unspecified atom stereocenters. The summed E-state index contributed by atoms with van der Waals surface area (Å²) < 4.78 is 38.0. The summed E-state index contributed by atoms with van der Waals surface area (Å²) in [6, 6.07) is 13.9. The highest BCUT2D eigenvalue weighted by Gasteiger charge is 2.31. The molecule has 0 radical (unpaired) electrons. The van der Waals surface area contributed by atoms with Crippen molar-refractivity contribution in [3.8, 4) is 0 Å². The van der Waals surface area contributed by atoms with Gasteiger partial charge in [0.15, 0.2) is 0 Å². The van der Waals surface area contributed by atoms with Crippen molar-refractivity contribution in [3.05, 3.63) is 59.7 Å². The summed E-state index contributed by atoms with van der Waals surface area (Å²) >= 11 is 0. The molecule has 3 rings (SSSR count). The number of anilines is 2. The fraction of sp³-hybridized carbons (Fsp3) is 0.250. The highest BCUT2D eigenvalue weighted by Crippen LogP contribution is 2.35. The first-order chi connectivity index (χ1) is 10.0. The predicted octanol–water partition coefficient (Wildman–Crippen LogP) is 4.15. The molecule has 2 N–H and O–H groups in total. The quantitative estimate of drug-likeness (QED) is 0.868. The molecule has 0 aromatic heterocycles. The number of halogens is 3. The Morgan fingerprint density at radius 2 is 1.76 bits per heavy atom. The largest absolute Gasteiger partial charge is 0.416 e. The number of rotatable bonds is 2. The van der Waals surface area contributed by atoms with Gasteiger partial charge in [0.25, 0.3) is 0 Å². The predicted molar refractivity (Wildman–Crippen MR) is 77.5 cm³/mol. The van der Waals surface area contributed by atoms with E-state index in [1.165, 1.54) is 11.6 Å². The van der Waals surface area contributed by atoms with E-state index >= 15 is 0 Å². The van der Waals surface area contributed by atoms with Crippen LogP contribution in [0.25, 0.3) is 0 Å². The Hall–Kier alpha value is -2.17. The van der Waals surface area contributed by atoms with Gasteiger partial charge in [-0.05, 0) is 30.2 Å². The molecule has 1 aliphatic rings. The van der Waals surface area contributed by atoms with Gasteiger partial charge in [-0.15, -0.1) is 0 Å². The van der Waals surface area contributed by atoms with Crippen molar-refractivity contribution in [2.24, 2.45) is 0 Å². The fourth-order valence-electron chi connectivity index (χ4n) is 2.52. The maximum Gasteiger partial charge on any atom is 0.416 e. The van der Waals surface area contributed by atoms with Crippen molar-refractivity contribution in [2.75, 3.05) is 17.2 Å². The third kappa shape index (κ3) is 3.12. The molecule has 1 heterocycles. The summed E-state index contributed by atoms with van der Waals surface area (Å²) in [4.78, 5) is 0. The van der Waals surface area contributed by atoms with Crippen LogP contribution < -0.4 is 10.6 Å². The van der Waals surface area contributed by atoms with Crippen LogP contribution in [0.5, 0.6) is 0 Å². The number of benzene rings is 2. The second-order valence-electron chi connectivity index (χ2n) is 5.17. The number of hydrogen-bond donors (Lipinski definition) is 2. The van der Waals surface area contributed by atoms with E-state index in [-0.39, 0.29) is 6.04 Å². The summed E-state index contributed by atoms with van der Waals surface area (Å²) in [6.45, 7) is 0.600. The zero-order chi connectivity index (χ0) is 14.9. The molecular weight excluding hydrogens is 277 g/mol. The first-order valence-corrected chi connectivity index (χ1v) is 6.78. The van der Waals surface area contributed by atoms with Gasteiger partial charge in [0, 0.05) is 12.6 Å². The highest BCUT2D eigenvalue weighted by atomic mass is 19.4. The minimum Gasteiger partial charge on any atom is -0.381 e. The van der Waals surface area contributed by atoms with Gasteiger partial charge in [0.2, 0.25) is 0 Å². The van der Waals surface area contributed by atoms with E-state index in [4.69, 9.17) is 0 Å². The summed E-state index contributed by atoms with van der Waals surface area (Å²) in [5.74, 6) is 0. The maximum atomic E-state index is 12.7. The molecule has 0 saturated carbocycles. The second kappa shape index (κ2) is 5.31. The monoisotopic (exact) mass is 292 g/mol. The molecule has 1 aliphatic heterocycles. The number of hydrogen-bond acceptors (Lipinski definition) is 2. The zero-order valence-corrected chi connectivity index (χ0v) is 11.2. The van der Waals surface area contributed by atoms with Crippen LogP contribution in [0, 0.1) is 0 Å². The van der Waals surface area contributed by atoms with Crippen LogP contribution in [-0.2, 0) is 12.6 Å². The Labute approximate surface area is 121 Å². The first-order valence-electron chi connectivity index (χ1n) is 6.78. The molecule has 110 valence electrons. The summed E-state index contributed by atoms with van der Waals surface area (Å²) in [5, 5.41) is 6.38. The van der Waals surface area contributed by atoms with E-state index in [0.717, 1.165) is 24.2 Å². The molecule has 0 amide bonds. The SMILES string of the molecule is FC(F)(F)c1ccc2c(c1)NCC(Cc1ccccc1)N2. The topological polar surface area (TPSA) is 24.1 Å². The second-order valence-corrected chi connectivity index (χ2v) is 5.17. The van der Waals surface area contributed by atoms with Crippen molar-refractivity contribution in [1.82, 2.24) is 0 Å². The minimum absolute atomic E-state index is 0.164. The van der Waals surface area contributed by atoms with E-state index in [2.05, 4.69) is 10.6 Å². The van der Waals surface area contributed by atoms with Gasteiger partial charge in [-0.2, -0.15) is 13.2 Å². The third-order valence-corrected chi connectivity index (χ3v) is 3.57. The first kappa shape index (κ1) is 13.8. The Morgan fingerprint density at radius 1 is 1.00 bits per heavy atom. The van der Waals surface area contributed by atoms with Gasteiger partial charge < -0.3 is 10.6 Å². The average Bonchev–Trinajstić information content (AvgIpc) is 2.47. The molecule has 5 heteroatoms. The van der Waals surface area contributed by atoms with E-state index in [1.807, 2.05) is 30.3 Å². The standard InChI is InChI=1S/C16H15F3N2/c17-16(18,19)12-6-7-14-15(9-12)20-10-13(21-14)8-11-4-2-1-3-5-11/h1-7,9,13,20-21H,8,10H2. The van der Waals surface area contributed by atoms with Crippen molar-refractivity contribution >= 4 is 11.4 Å². The molecule has 0 bridgehead atoms. The molecule has 0 saturated heterocycles. The van der Waals surface area contributed by atoms with E-state index < -0.39 is 11.7 Å². The van der Waals surface area contributed by atoms with Crippen molar-refractivity contribution < 1.29 is 13.2 Å². The van der Waals surface area contributed by atoms with Gasteiger partial charge in [-0.25, -0.2) is 0 Å². The third-order valence-electron chi connectivity index (χ3n) is 3.57. The average molecular weight is 292 g/mol. The molecule has 2 nitrogen and oxygen atoms in total. The van der Waals surface area contributed by atoms with Crippen LogP contribution in [0.15, 0.2) is 48.5 Å². The summed E-state index contributed by atoms with van der Waals surface area (Å²) in [7, 11) is 0. The van der Waals surface area contributed by atoms with Crippen LogP contribution in [-0.4, -0.2) is 12.6 Å². The lowest BCUT2D eigenvalue weighted by Gasteiger charge is -2.29. The van der Waals surface area contributed by atoms with E-state index in [9.17, 15) is 13.2 Å². The van der Waals surface area contributed by atoms with E-state index in [1.54, 1.807) is 0 Å². The smallest absolute Gasteiger partial charge is 0.381 e. The van der Waals surface area contributed by atoms with Gasteiger partial charge in [-0.1, -0.05) is 30.3 Å². The van der Waals surface area contributed by atoms with Gasteiger partial charge in [0.1, 0.15) is 0 Å². The Morgan fingerprint density at radius 3 is 2.48 bits per heavy atom. The van der Waals surface area contributed by atoms with Crippen LogP contribution >= 0.6 is 0 Å². The lowest BCUT2D eigenvalue weighted by Crippen LogP contribution is -2.34. The number of nitrogens with one attached hydrogen (secondary N) is 2. The van der Waals surface area contributed by atoms with Gasteiger partial charge in [0.05, 0.1) is 16.9 Å². The van der Waals surface area contributed by atoms with Crippen LogP contribution in [0.2, 0.25) is 0 Å². The summed E-state index contributed by atoms with van der Waals surface area (Å²) in [6.07, 6.45) is -3.48. The van der Waals surface area contributed by atoms with Crippen molar-refractivity contribution in [2.45, 2.75) is 18.6 Å².